The van der Waals surface area contributed by atoms with Crippen LogP contribution in [0.3, 0.4) is 0 Å². The van der Waals surface area contributed by atoms with Crippen LogP contribution < -0.4 is 5.32 Å². The Hall–Kier alpha value is -1.17. The van der Waals surface area contributed by atoms with E-state index < -0.39 is 0 Å². The maximum absolute atomic E-state index is 5.14. The van der Waals surface area contributed by atoms with Gasteiger partial charge in [-0.1, -0.05) is 6.07 Å². The molecule has 0 saturated heterocycles. The third-order valence-electron chi connectivity index (χ3n) is 2.77. The van der Waals surface area contributed by atoms with E-state index >= 15 is 0 Å². The minimum Gasteiger partial charge on any atom is -0.383 e. The highest BCUT2D eigenvalue weighted by molar-refractivity contribution is 5.34. The summed E-state index contributed by atoms with van der Waals surface area (Å²) < 4.78 is 10.3. The molecule has 108 valence electrons. The summed E-state index contributed by atoms with van der Waals surface area (Å²) in [5.41, 5.74) is 1.06. The zero-order chi connectivity index (χ0) is 13.9. The first-order valence-electron chi connectivity index (χ1n) is 6.70. The molecule has 0 amide bonds. The number of nitrogens with zero attached hydrogens (tertiary/aromatic N) is 2. The van der Waals surface area contributed by atoms with Crippen LogP contribution in [0.1, 0.15) is 12.6 Å². The highest BCUT2D eigenvalue weighted by Crippen LogP contribution is 2.07. The second kappa shape index (κ2) is 9.72. The van der Waals surface area contributed by atoms with Crippen molar-refractivity contribution in [1.82, 2.24) is 9.88 Å². The van der Waals surface area contributed by atoms with Crippen molar-refractivity contribution in [2.24, 2.45) is 0 Å². The summed E-state index contributed by atoms with van der Waals surface area (Å²) in [6.45, 7) is 6.96. The van der Waals surface area contributed by atoms with E-state index in [0.29, 0.717) is 0 Å². The van der Waals surface area contributed by atoms with E-state index in [4.69, 9.17) is 9.47 Å². The summed E-state index contributed by atoms with van der Waals surface area (Å²) in [6, 6.07) is 6.07. The van der Waals surface area contributed by atoms with E-state index in [1.54, 1.807) is 14.2 Å². The van der Waals surface area contributed by atoms with Crippen LogP contribution in [-0.4, -0.2) is 57.0 Å². The number of hydrogen-bond acceptors (Lipinski definition) is 5. The van der Waals surface area contributed by atoms with Gasteiger partial charge in [0.05, 0.1) is 18.9 Å². The number of aromatic nitrogens is 1. The fraction of sp³-hybridized carbons (Fsp3) is 0.643. The third kappa shape index (κ3) is 6.52. The summed E-state index contributed by atoms with van der Waals surface area (Å²) in [6.07, 6.45) is 0. The first kappa shape index (κ1) is 15.9. The summed E-state index contributed by atoms with van der Waals surface area (Å²) in [7, 11) is 3.44. The van der Waals surface area contributed by atoms with E-state index in [1.165, 1.54) is 0 Å². The van der Waals surface area contributed by atoms with Gasteiger partial charge in [-0.3, -0.25) is 4.90 Å². The van der Waals surface area contributed by atoms with Crippen LogP contribution in [0.5, 0.6) is 0 Å². The Morgan fingerprint density at radius 1 is 1.16 bits per heavy atom. The second-order valence-corrected chi connectivity index (χ2v) is 4.31. The lowest BCUT2D eigenvalue weighted by molar-refractivity contribution is 0.109. The van der Waals surface area contributed by atoms with Gasteiger partial charge < -0.3 is 14.8 Å². The Bertz CT molecular complexity index is 339. The molecule has 1 rings (SSSR count). The molecule has 1 aromatic heterocycles. The molecule has 0 aliphatic carbocycles. The monoisotopic (exact) mass is 267 g/mol. The lowest BCUT2D eigenvalue weighted by Crippen LogP contribution is -2.30. The molecule has 0 bridgehead atoms. The van der Waals surface area contributed by atoms with Gasteiger partial charge in [0.25, 0.3) is 0 Å². The van der Waals surface area contributed by atoms with Crippen LogP contribution in [-0.2, 0) is 16.0 Å². The number of anilines is 1. The number of nitrogens with one attached hydrogen (secondary N) is 1. The fourth-order valence-corrected chi connectivity index (χ4v) is 1.79. The first-order chi connectivity index (χ1) is 9.30. The van der Waals surface area contributed by atoms with Crippen LogP contribution in [0.25, 0.3) is 0 Å². The predicted octanol–water partition coefficient (Wildman–Crippen LogP) is 1.61. The van der Waals surface area contributed by atoms with Crippen molar-refractivity contribution in [1.29, 1.82) is 0 Å². The summed E-state index contributed by atoms with van der Waals surface area (Å²) in [4.78, 5) is 6.87. The van der Waals surface area contributed by atoms with Gasteiger partial charge in [-0.05, 0) is 19.1 Å². The van der Waals surface area contributed by atoms with Crippen LogP contribution >= 0.6 is 0 Å². The minimum atomic E-state index is 0.719. The van der Waals surface area contributed by atoms with Gasteiger partial charge in [0.2, 0.25) is 0 Å². The van der Waals surface area contributed by atoms with Crippen molar-refractivity contribution < 1.29 is 9.47 Å². The van der Waals surface area contributed by atoms with Crippen LogP contribution in [0, 0.1) is 0 Å². The van der Waals surface area contributed by atoms with E-state index in [9.17, 15) is 0 Å². The zero-order valence-corrected chi connectivity index (χ0v) is 12.2. The number of rotatable bonds is 10. The Kier molecular flexibility index (Phi) is 8.13. The number of ether oxygens (including phenoxy) is 2. The molecule has 5 heteroatoms. The van der Waals surface area contributed by atoms with Crippen LogP contribution in [0.2, 0.25) is 0 Å². The Morgan fingerprint density at radius 2 is 1.84 bits per heavy atom. The minimum absolute atomic E-state index is 0.719. The zero-order valence-electron chi connectivity index (χ0n) is 12.2. The van der Waals surface area contributed by atoms with Crippen molar-refractivity contribution in [2.45, 2.75) is 13.5 Å². The lowest BCUT2D eigenvalue weighted by atomic mass is 10.3. The van der Waals surface area contributed by atoms with E-state index in [-0.39, 0.29) is 0 Å². The van der Waals surface area contributed by atoms with Gasteiger partial charge in [0, 0.05) is 40.4 Å². The maximum atomic E-state index is 5.14. The largest absolute Gasteiger partial charge is 0.383 e. The molecule has 0 fully saturated rings. The molecule has 0 radical (unpaired) electrons. The lowest BCUT2D eigenvalue weighted by Gasteiger charge is -2.21. The third-order valence-corrected chi connectivity index (χ3v) is 2.77. The molecule has 1 aromatic rings. The number of methoxy groups -OCH3 is 2. The van der Waals surface area contributed by atoms with E-state index in [2.05, 4.69) is 22.1 Å². The molecular weight excluding hydrogens is 242 g/mol. The smallest absolute Gasteiger partial charge is 0.126 e. The quantitative estimate of drug-likeness (QED) is 0.698. The molecule has 1 N–H and O–H groups in total. The Morgan fingerprint density at radius 3 is 2.42 bits per heavy atom. The molecule has 5 nitrogen and oxygen atoms in total. The molecule has 19 heavy (non-hydrogen) atoms. The van der Waals surface area contributed by atoms with Crippen molar-refractivity contribution in [2.75, 3.05) is 52.4 Å². The summed E-state index contributed by atoms with van der Waals surface area (Å²) >= 11 is 0. The Balaban J connectivity index is 2.57. The molecule has 0 unspecified atom stereocenters. The Labute approximate surface area is 115 Å². The predicted molar refractivity (Wildman–Crippen MR) is 77.4 cm³/mol. The average molecular weight is 267 g/mol. The average Bonchev–Trinajstić information content (AvgIpc) is 2.42. The molecule has 1 heterocycles. The van der Waals surface area contributed by atoms with Gasteiger partial charge >= 0.3 is 0 Å². The van der Waals surface area contributed by atoms with Gasteiger partial charge in [0.15, 0.2) is 0 Å². The van der Waals surface area contributed by atoms with Crippen molar-refractivity contribution in [3.63, 3.8) is 0 Å². The van der Waals surface area contributed by atoms with Crippen molar-refractivity contribution in [3.8, 4) is 0 Å². The van der Waals surface area contributed by atoms with Gasteiger partial charge in [0.1, 0.15) is 5.82 Å². The summed E-state index contributed by atoms with van der Waals surface area (Å²) in [5.74, 6) is 0.929. The van der Waals surface area contributed by atoms with Crippen molar-refractivity contribution >= 4 is 5.82 Å². The van der Waals surface area contributed by atoms with Crippen molar-refractivity contribution in [3.05, 3.63) is 23.9 Å². The van der Waals surface area contributed by atoms with Gasteiger partial charge in [-0.25, -0.2) is 4.98 Å². The van der Waals surface area contributed by atoms with E-state index in [0.717, 1.165) is 50.9 Å². The standard InChI is InChI=1S/C14H25N3O2/c1-4-15-14-7-5-6-13(16-14)12-17(8-10-18-2)9-11-19-3/h5-7H,4,8-12H2,1-3H3,(H,15,16). The van der Waals surface area contributed by atoms with Gasteiger partial charge in [-0.2, -0.15) is 0 Å². The molecular formula is C14H25N3O2. The van der Waals surface area contributed by atoms with E-state index in [1.807, 2.05) is 18.2 Å². The second-order valence-electron chi connectivity index (χ2n) is 4.31. The molecule has 0 aliphatic rings. The first-order valence-corrected chi connectivity index (χ1v) is 6.70. The molecule has 0 atom stereocenters. The summed E-state index contributed by atoms with van der Waals surface area (Å²) in [5, 5.41) is 3.23. The van der Waals surface area contributed by atoms with Crippen LogP contribution in [0.4, 0.5) is 5.82 Å². The normalized spacial score (nSPS) is 10.9. The van der Waals surface area contributed by atoms with Gasteiger partial charge in [-0.15, -0.1) is 0 Å². The molecule has 0 spiro atoms. The number of hydrogen-bond donors (Lipinski definition) is 1. The molecule has 0 saturated carbocycles. The maximum Gasteiger partial charge on any atom is 0.126 e. The number of pyridine rings is 1. The highest BCUT2D eigenvalue weighted by atomic mass is 16.5. The van der Waals surface area contributed by atoms with Crippen LogP contribution in [0.15, 0.2) is 18.2 Å². The fourth-order valence-electron chi connectivity index (χ4n) is 1.79. The molecule has 0 aromatic carbocycles. The molecule has 0 aliphatic heterocycles. The SMILES string of the molecule is CCNc1cccc(CN(CCOC)CCOC)n1. The topological polar surface area (TPSA) is 46.6 Å². The highest BCUT2D eigenvalue weighted by Gasteiger charge is 2.07.